The number of unbranched alkanes of at least 4 members (excludes halogenated alkanes) is 7. The number of halogens is 1. The lowest BCUT2D eigenvalue weighted by Gasteiger charge is -2.06. The molecule has 0 aliphatic heterocycles. The quantitative estimate of drug-likeness (QED) is 0.341. The summed E-state index contributed by atoms with van der Waals surface area (Å²) in [4.78, 5) is 0. The molecule has 0 rings (SSSR count). The lowest BCUT2D eigenvalue weighted by Crippen LogP contribution is -1.95. The van der Waals surface area contributed by atoms with Gasteiger partial charge >= 0.3 is 0 Å². The normalized spacial score (nSPS) is 13.1. The largest absolute Gasteiger partial charge is 0.126 e. The molecule has 0 spiro atoms. The maximum atomic E-state index is 5.75. The Balaban J connectivity index is 2.92. The standard InChI is InChI=1S/C13H27Cl/c1-3-4-5-6-7-8-9-10-11-13(2)12-14/h13H,3-12H2,1-2H3. The third-order valence-corrected chi connectivity index (χ3v) is 3.34. The van der Waals surface area contributed by atoms with Crippen LogP contribution in [0, 0.1) is 5.92 Å². The van der Waals surface area contributed by atoms with Crippen molar-refractivity contribution in [2.75, 3.05) is 5.88 Å². The minimum Gasteiger partial charge on any atom is -0.126 e. The van der Waals surface area contributed by atoms with Gasteiger partial charge < -0.3 is 0 Å². The van der Waals surface area contributed by atoms with Gasteiger partial charge in [-0.05, 0) is 12.3 Å². The summed E-state index contributed by atoms with van der Waals surface area (Å²) in [6.07, 6.45) is 12.6. The molecule has 0 aliphatic carbocycles. The molecule has 0 saturated carbocycles. The summed E-state index contributed by atoms with van der Waals surface area (Å²) in [6.45, 7) is 4.52. The molecule has 0 fully saturated rings. The molecule has 0 amide bonds. The van der Waals surface area contributed by atoms with Crippen molar-refractivity contribution in [2.45, 2.75) is 71.6 Å². The van der Waals surface area contributed by atoms with Crippen LogP contribution in [0.15, 0.2) is 0 Å². The summed E-state index contributed by atoms with van der Waals surface area (Å²) < 4.78 is 0. The maximum absolute atomic E-state index is 5.75. The van der Waals surface area contributed by atoms with Crippen LogP contribution in [0.4, 0.5) is 0 Å². The summed E-state index contributed by atoms with van der Waals surface area (Å²) in [5.41, 5.74) is 0. The molecule has 0 saturated heterocycles. The number of alkyl halides is 1. The molecule has 0 nitrogen and oxygen atoms in total. The van der Waals surface area contributed by atoms with Gasteiger partial charge in [-0.25, -0.2) is 0 Å². The van der Waals surface area contributed by atoms with Crippen molar-refractivity contribution >= 4 is 11.6 Å². The van der Waals surface area contributed by atoms with E-state index in [0.717, 1.165) is 11.8 Å². The highest BCUT2D eigenvalue weighted by molar-refractivity contribution is 6.18. The first-order valence-electron chi connectivity index (χ1n) is 6.37. The molecule has 1 heteroatoms. The van der Waals surface area contributed by atoms with Crippen molar-refractivity contribution in [2.24, 2.45) is 5.92 Å². The van der Waals surface area contributed by atoms with E-state index in [1.165, 1.54) is 57.8 Å². The van der Waals surface area contributed by atoms with Gasteiger partial charge in [0.25, 0.3) is 0 Å². The van der Waals surface area contributed by atoms with Gasteiger partial charge in [-0.1, -0.05) is 65.2 Å². The van der Waals surface area contributed by atoms with E-state index in [4.69, 9.17) is 11.6 Å². The van der Waals surface area contributed by atoms with E-state index in [2.05, 4.69) is 13.8 Å². The zero-order valence-electron chi connectivity index (χ0n) is 10.0. The second kappa shape index (κ2) is 11.4. The van der Waals surface area contributed by atoms with Gasteiger partial charge in [-0.3, -0.25) is 0 Å². The van der Waals surface area contributed by atoms with Crippen LogP contribution in [0.25, 0.3) is 0 Å². The molecule has 0 aliphatic rings. The van der Waals surface area contributed by atoms with Crippen molar-refractivity contribution in [3.8, 4) is 0 Å². The zero-order valence-corrected chi connectivity index (χ0v) is 10.8. The van der Waals surface area contributed by atoms with Crippen molar-refractivity contribution in [1.82, 2.24) is 0 Å². The highest BCUT2D eigenvalue weighted by atomic mass is 35.5. The predicted molar refractivity (Wildman–Crippen MR) is 67.1 cm³/mol. The fourth-order valence-corrected chi connectivity index (χ4v) is 1.86. The average molecular weight is 219 g/mol. The third-order valence-electron chi connectivity index (χ3n) is 2.81. The van der Waals surface area contributed by atoms with Crippen LogP contribution in [0.1, 0.15) is 71.6 Å². The molecule has 0 N–H and O–H groups in total. The van der Waals surface area contributed by atoms with Crippen LogP contribution in [0.3, 0.4) is 0 Å². The Hall–Kier alpha value is 0.290. The molecule has 1 atom stereocenters. The molecule has 0 radical (unpaired) electrons. The summed E-state index contributed by atoms with van der Waals surface area (Å²) in [5, 5.41) is 0. The van der Waals surface area contributed by atoms with Crippen LogP contribution in [-0.4, -0.2) is 5.88 Å². The molecule has 0 heterocycles. The Morgan fingerprint density at radius 2 is 1.36 bits per heavy atom. The highest BCUT2D eigenvalue weighted by Gasteiger charge is 1.98. The molecule has 0 bridgehead atoms. The highest BCUT2D eigenvalue weighted by Crippen LogP contribution is 2.13. The number of hydrogen-bond donors (Lipinski definition) is 0. The molecular weight excluding hydrogens is 192 g/mol. The van der Waals surface area contributed by atoms with Gasteiger partial charge in [0, 0.05) is 5.88 Å². The fourth-order valence-electron chi connectivity index (χ4n) is 1.70. The summed E-state index contributed by atoms with van der Waals surface area (Å²) >= 11 is 5.75. The number of hydrogen-bond acceptors (Lipinski definition) is 0. The Morgan fingerprint density at radius 1 is 0.857 bits per heavy atom. The molecule has 0 aromatic heterocycles. The second-order valence-electron chi connectivity index (χ2n) is 4.52. The van der Waals surface area contributed by atoms with Gasteiger partial charge in [0.1, 0.15) is 0 Å². The Labute approximate surface area is 95.4 Å². The first-order chi connectivity index (χ1) is 6.81. The first kappa shape index (κ1) is 14.3. The Bertz CT molecular complexity index is 101. The summed E-state index contributed by atoms with van der Waals surface area (Å²) in [7, 11) is 0. The van der Waals surface area contributed by atoms with Gasteiger partial charge in [-0.2, -0.15) is 0 Å². The van der Waals surface area contributed by atoms with Gasteiger partial charge in [0.2, 0.25) is 0 Å². The van der Waals surface area contributed by atoms with Crippen LogP contribution < -0.4 is 0 Å². The zero-order chi connectivity index (χ0) is 10.6. The van der Waals surface area contributed by atoms with E-state index in [1.54, 1.807) is 0 Å². The smallest absolute Gasteiger partial charge is 0.0249 e. The molecular formula is C13H27Cl. The second-order valence-corrected chi connectivity index (χ2v) is 4.83. The average Bonchev–Trinajstić information content (AvgIpc) is 2.21. The van der Waals surface area contributed by atoms with Crippen molar-refractivity contribution < 1.29 is 0 Å². The summed E-state index contributed by atoms with van der Waals surface area (Å²) in [5.74, 6) is 1.55. The SMILES string of the molecule is CCCCCCCCCCC(C)CCl. The minimum atomic E-state index is 0.719. The van der Waals surface area contributed by atoms with E-state index in [-0.39, 0.29) is 0 Å². The van der Waals surface area contributed by atoms with Crippen LogP contribution >= 0.6 is 11.6 Å². The molecule has 0 aromatic carbocycles. The van der Waals surface area contributed by atoms with E-state index in [0.29, 0.717) is 0 Å². The minimum absolute atomic E-state index is 0.719. The predicted octanol–water partition coefficient (Wildman–Crippen LogP) is 5.39. The van der Waals surface area contributed by atoms with E-state index in [9.17, 15) is 0 Å². The van der Waals surface area contributed by atoms with Crippen molar-refractivity contribution in [3.63, 3.8) is 0 Å². The topological polar surface area (TPSA) is 0 Å². The van der Waals surface area contributed by atoms with E-state index in [1.807, 2.05) is 0 Å². The van der Waals surface area contributed by atoms with E-state index >= 15 is 0 Å². The lowest BCUT2D eigenvalue weighted by atomic mass is 10.0. The molecule has 14 heavy (non-hydrogen) atoms. The van der Waals surface area contributed by atoms with Crippen molar-refractivity contribution in [1.29, 1.82) is 0 Å². The van der Waals surface area contributed by atoms with Gasteiger partial charge in [0.05, 0.1) is 0 Å². The van der Waals surface area contributed by atoms with Gasteiger partial charge in [-0.15, -0.1) is 11.6 Å². The van der Waals surface area contributed by atoms with Crippen LogP contribution in [0.5, 0.6) is 0 Å². The van der Waals surface area contributed by atoms with E-state index < -0.39 is 0 Å². The van der Waals surface area contributed by atoms with Crippen LogP contribution in [0.2, 0.25) is 0 Å². The number of rotatable bonds is 10. The third kappa shape index (κ3) is 10.4. The lowest BCUT2D eigenvalue weighted by molar-refractivity contribution is 0.511. The maximum Gasteiger partial charge on any atom is 0.0249 e. The fraction of sp³-hybridized carbons (Fsp3) is 1.00. The molecule has 86 valence electrons. The Kier molecular flexibility index (Phi) is 11.6. The Morgan fingerprint density at radius 3 is 1.86 bits per heavy atom. The first-order valence-corrected chi connectivity index (χ1v) is 6.90. The summed E-state index contributed by atoms with van der Waals surface area (Å²) in [6, 6.07) is 0. The van der Waals surface area contributed by atoms with Crippen LogP contribution in [-0.2, 0) is 0 Å². The monoisotopic (exact) mass is 218 g/mol. The van der Waals surface area contributed by atoms with Gasteiger partial charge in [0.15, 0.2) is 0 Å². The molecule has 0 aromatic rings. The van der Waals surface area contributed by atoms with Crippen molar-refractivity contribution in [3.05, 3.63) is 0 Å². The molecule has 1 unspecified atom stereocenters.